The number of carbonyl (C=O) groups excluding carboxylic acids is 2. The van der Waals surface area contributed by atoms with E-state index in [1.165, 1.54) is 6.92 Å². The van der Waals surface area contributed by atoms with Crippen LogP contribution in [0.4, 0.5) is 0 Å². The number of halogens is 1. The molecule has 1 rings (SSSR count). The smallest absolute Gasteiger partial charge is 0.224 e. The predicted molar refractivity (Wildman–Crippen MR) is 75.9 cm³/mol. The number of benzene rings is 1. The third kappa shape index (κ3) is 4.91. The zero-order valence-corrected chi connectivity index (χ0v) is 12.2. The molecule has 19 heavy (non-hydrogen) atoms. The number of hydrogen-bond donors (Lipinski definition) is 1. The van der Waals surface area contributed by atoms with Gasteiger partial charge in [0.05, 0.1) is 12.5 Å². The third-order valence-corrected chi connectivity index (χ3v) is 3.18. The molecule has 1 aromatic rings. The molecule has 5 heteroatoms. The number of nitrogens with zero attached hydrogens (tertiary/aromatic N) is 1. The number of amides is 2. The second kappa shape index (κ2) is 7.14. The molecule has 0 aliphatic heterocycles. The van der Waals surface area contributed by atoms with Gasteiger partial charge in [0.2, 0.25) is 11.8 Å². The lowest BCUT2D eigenvalue weighted by Gasteiger charge is -2.21. The summed E-state index contributed by atoms with van der Waals surface area (Å²) in [5.74, 6) is -0.164. The van der Waals surface area contributed by atoms with Gasteiger partial charge in [-0.15, -0.1) is 0 Å². The predicted octanol–water partition coefficient (Wildman–Crippen LogP) is 2.39. The van der Waals surface area contributed by atoms with Crippen LogP contribution < -0.4 is 5.32 Å². The lowest BCUT2D eigenvalue weighted by Crippen LogP contribution is -2.33. The minimum atomic E-state index is -0.323. The van der Waals surface area contributed by atoms with Crippen LogP contribution in [0, 0.1) is 0 Å². The highest BCUT2D eigenvalue weighted by Gasteiger charge is 2.18. The third-order valence-electron chi connectivity index (χ3n) is 2.93. The molecule has 1 atom stereocenters. The maximum atomic E-state index is 12.0. The summed E-state index contributed by atoms with van der Waals surface area (Å²) in [5, 5.41) is 3.42. The second-order valence-electron chi connectivity index (χ2n) is 4.42. The van der Waals surface area contributed by atoms with Gasteiger partial charge in [-0.3, -0.25) is 9.59 Å². The molecule has 0 aliphatic carbocycles. The number of rotatable bonds is 5. The minimum absolute atomic E-state index is 0.00352. The van der Waals surface area contributed by atoms with E-state index in [1.54, 1.807) is 24.1 Å². The molecule has 0 radical (unpaired) electrons. The average molecular weight is 283 g/mol. The van der Waals surface area contributed by atoms with Gasteiger partial charge in [-0.1, -0.05) is 23.7 Å². The Balaban J connectivity index is 2.85. The van der Waals surface area contributed by atoms with Crippen molar-refractivity contribution in [1.29, 1.82) is 0 Å². The average Bonchev–Trinajstić information content (AvgIpc) is 2.37. The van der Waals surface area contributed by atoms with Crippen LogP contribution >= 0.6 is 11.6 Å². The van der Waals surface area contributed by atoms with Crippen LogP contribution in [-0.4, -0.2) is 30.3 Å². The molecular formula is C14H19ClN2O2. The van der Waals surface area contributed by atoms with E-state index in [4.69, 9.17) is 11.6 Å². The van der Waals surface area contributed by atoms with E-state index >= 15 is 0 Å². The highest BCUT2D eigenvalue weighted by atomic mass is 35.5. The first-order valence-corrected chi connectivity index (χ1v) is 6.58. The van der Waals surface area contributed by atoms with Crippen molar-refractivity contribution in [3.8, 4) is 0 Å². The van der Waals surface area contributed by atoms with Crippen LogP contribution in [0.15, 0.2) is 24.3 Å². The van der Waals surface area contributed by atoms with Gasteiger partial charge in [0.1, 0.15) is 0 Å². The summed E-state index contributed by atoms with van der Waals surface area (Å²) in [6, 6.07) is 6.82. The van der Waals surface area contributed by atoms with Crippen molar-refractivity contribution >= 4 is 23.4 Å². The quantitative estimate of drug-likeness (QED) is 0.901. The van der Waals surface area contributed by atoms with Crippen molar-refractivity contribution in [2.45, 2.75) is 26.3 Å². The summed E-state index contributed by atoms with van der Waals surface area (Å²) < 4.78 is 0. The molecule has 0 bridgehead atoms. The Labute approximate surface area is 118 Å². The second-order valence-corrected chi connectivity index (χ2v) is 4.85. The van der Waals surface area contributed by atoms with E-state index in [9.17, 15) is 9.59 Å². The maximum Gasteiger partial charge on any atom is 0.224 e. The molecule has 1 N–H and O–H groups in total. The molecule has 0 saturated carbocycles. The molecule has 104 valence electrons. The number of nitrogens with one attached hydrogen (secondary N) is 1. The van der Waals surface area contributed by atoms with Gasteiger partial charge in [-0.05, 0) is 24.6 Å². The van der Waals surface area contributed by atoms with Crippen LogP contribution in [0.1, 0.15) is 31.9 Å². The first-order chi connectivity index (χ1) is 8.93. The van der Waals surface area contributed by atoms with E-state index in [0.29, 0.717) is 11.6 Å². The maximum absolute atomic E-state index is 12.0. The van der Waals surface area contributed by atoms with Crippen molar-refractivity contribution in [3.63, 3.8) is 0 Å². The zero-order chi connectivity index (χ0) is 14.4. The van der Waals surface area contributed by atoms with Gasteiger partial charge in [0.15, 0.2) is 0 Å². The van der Waals surface area contributed by atoms with E-state index in [0.717, 1.165) is 5.56 Å². The van der Waals surface area contributed by atoms with Gasteiger partial charge in [0.25, 0.3) is 0 Å². The fourth-order valence-electron chi connectivity index (χ4n) is 1.70. The van der Waals surface area contributed by atoms with Crippen LogP contribution in [0.25, 0.3) is 0 Å². The Morgan fingerprint density at radius 3 is 2.37 bits per heavy atom. The van der Waals surface area contributed by atoms with E-state index in [1.807, 2.05) is 19.1 Å². The zero-order valence-electron chi connectivity index (χ0n) is 11.4. The molecule has 0 spiro atoms. The van der Waals surface area contributed by atoms with Crippen LogP contribution in [0.3, 0.4) is 0 Å². The summed E-state index contributed by atoms with van der Waals surface area (Å²) in [7, 11) is 1.75. The number of hydrogen-bond acceptors (Lipinski definition) is 2. The van der Waals surface area contributed by atoms with Gasteiger partial charge < -0.3 is 10.2 Å². The molecule has 0 heterocycles. The first-order valence-electron chi connectivity index (χ1n) is 6.20. The van der Waals surface area contributed by atoms with Crippen molar-refractivity contribution in [2.75, 3.05) is 13.6 Å². The number of carbonyl (C=O) groups is 2. The SMILES string of the molecule is CCN(C)C(=O)CC(NC(C)=O)c1ccc(Cl)cc1. The Morgan fingerprint density at radius 1 is 1.32 bits per heavy atom. The standard InChI is InChI=1S/C14H19ClN2O2/c1-4-17(3)14(19)9-13(16-10(2)18)11-5-7-12(15)8-6-11/h5-8,13H,4,9H2,1-3H3,(H,16,18). The molecule has 0 saturated heterocycles. The Kier molecular flexibility index (Phi) is 5.83. The summed E-state index contributed by atoms with van der Waals surface area (Å²) in [6.45, 7) is 4.00. The minimum Gasteiger partial charge on any atom is -0.349 e. The molecule has 2 amide bonds. The summed E-state index contributed by atoms with van der Waals surface area (Å²) in [5.41, 5.74) is 0.873. The summed E-state index contributed by atoms with van der Waals surface area (Å²) >= 11 is 5.84. The van der Waals surface area contributed by atoms with Gasteiger partial charge >= 0.3 is 0 Å². The van der Waals surface area contributed by atoms with E-state index < -0.39 is 0 Å². The molecule has 0 aromatic heterocycles. The van der Waals surface area contributed by atoms with Crippen molar-refractivity contribution < 1.29 is 9.59 Å². The highest BCUT2D eigenvalue weighted by molar-refractivity contribution is 6.30. The highest BCUT2D eigenvalue weighted by Crippen LogP contribution is 2.20. The molecule has 1 aromatic carbocycles. The van der Waals surface area contributed by atoms with Crippen molar-refractivity contribution in [3.05, 3.63) is 34.9 Å². The summed E-state index contributed by atoms with van der Waals surface area (Å²) in [4.78, 5) is 24.8. The van der Waals surface area contributed by atoms with Gasteiger partial charge in [-0.2, -0.15) is 0 Å². The van der Waals surface area contributed by atoms with Crippen LogP contribution in [0.5, 0.6) is 0 Å². The molecule has 0 aliphatic rings. The fourth-order valence-corrected chi connectivity index (χ4v) is 1.83. The topological polar surface area (TPSA) is 49.4 Å². The molecule has 4 nitrogen and oxygen atoms in total. The lowest BCUT2D eigenvalue weighted by molar-refractivity contribution is -0.130. The Morgan fingerprint density at radius 2 is 1.89 bits per heavy atom. The Hall–Kier alpha value is -1.55. The molecule has 0 fully saturated rings. The Bertz CT molecular complexity index is 445. The lowest BCUT2D eigenvalue weighted by atomic mass is 10.0. The molecule has 1 unspecified atom stereocenters. The normalized spacial score (nSPS) is 11.8. The van der Waals surface area contributed by atoms with Crippen LogP contribution in [-0.2, 0) is 9.59 Å². The van der Waals surface area contributed by atoms with E-state index in [2.05, 4.69) is 5.32 Å². The van der Waals surface area contributed by atoms with E-state index in [-0.39, 0.29) is 24.3 Å². The summed E-state index contributed by atoms with van der Waals surface area (Å²) in [6.07, 6.45) is 0.242. The van der Waals surface area contributed by atoms with Gasteiger partial charge in [0, 0.05) is 25.5 Å². The van der Waals surface area contributed by atoms with Crippen LogP contribution in [0.2, 0.25) is 5.02 Å². The van der Waals surface area contributed by atoms with Crippen molar-refractivity contribution in [2.24, 2.45) is 0 Å². The first kappa shape index (κ1) is 15.5. The molecular weight excluding hydrogens is 264 g/mol. The fraction of sp³-hybridized carbons (Fsp3) is 0.429. The van der Waals surface area contributed by atoms with Gasteiger partial charge in [-0.25, -0.2) is 0 Å². The van der Waals surface area contributed by atoms with Crippen molar-refractivity contribution in [1.82, 2.24) is 10.2 Å². The largest absolute Gasteiger partial charge is 0.349 e. The monoisotopic (exact) mass is 282 g/mol.